The first-order valence-electron chi connectivity index (χ1n) is 5.52. The molecule has 80 valence electrons. The van der Waals surface area contributed by atoms with E-state index >= 15 is 0 Å². The zero-order valence-corrected chi connectivity index (χ0v) is 9.03. The molecule has 1 aromatic carbocycles. The Kier molecular flexibility index (Phi) is 3.05. The first-order valence-corrected chi connectivity index (χ1v) is 5.52. The molecule has 0 heterocycles. The van der Waals surface area contributed by atoms with Gasteiger partial charge in [-0.25, -0.2) is 0 Å². The Morgan fingerprint density at radius 3 is 2.73 bits per heavy atom. The number of carbonyl (C=O) groups excluding carboxylic acids is 1. The fourth-order valence-electron chi connectivity index (χ4n) is 2.17. The second-order valence-electron chi connectivity index (χ2n) is 4.11. The molecule has 0 N–H and O–H groups in total. The summed E-state index contributed by atoms with van der Waals surface area (Å²) in [6.07, 6.45) is 4.80. The summed E-state index contributed by atoms with van der Waals surface area (Å²) in [5.41, 5.74) is 3.99. The number of hydrogen-bond acceptors (Lipinski definition) is 2. The van der Waals surface area contributed by atoms with Crippen molar-refractivity contribution in [3.05, 3.63) is 34.9 Å². The Morgan fingerprint density at radius 1 is 1.27 bits per heavy atom. The van der Waals surface area contributed by atoms with Crippen molar-refractivity contribution in [1.82, 2.24) is 0 Å². The van der Waals surface area contributed by atoms with Crippen molar-refractivity contribution in [2.45, 2.75) is 38.7 Å². The molecule has 0 spiro atoms. The maximum atomic E-state index is 10.3. The first-order chi connectivity index (χ1) is 7.31. The summed E-state index contributed by atoms with van der Waals surface area (Å²) in [6, 6.07) is 6.43. The third-order valence-corrected chi connectivity index (χ3v) is 3.10. The highest BCUT2D eigenvalue weighted by Gasteiger charge is 2.12. The van der Waals surface area contributed by atoms with E-state index in [0.717, 1.165) is 12.0 Å². The highest BCUT2D eigenvalue weighted by Crippen LogP contribution is 2.25. The van der Waals surface area contributed by atoms with Gasteiger partial charge < -0.3 is 4.74 Å². The zero-order chi connectivity index (χ0) is 10.7. The minimum absolute atomic E-state index is 0.130. The molecule has 0 amide bonds. The van der Waals surface area contributed by atoms with Crippen LogP contribution in [0.4, 0.5) is 0 Å². The minimum atomic E-state index is -0.130. The van der Waals surface area contributed by atoms with Crippen molar-refractivity contribution in [3.8, 4) is 0 Å². The molecule has 1 aromatic rings. The van der Waals surface area contributed by atoms with Gasteiger partial charge in [-0.05, 0) is 49.3 Å². The van der Waals surface area contributed by atoms with Gasteiger partial charge in [0.2, 0.25) is 0 Å². The Balaban J connectivity index is 2.23. The minimum Gasteiger partial charge on any atom is -0.460 e. The van der Waals surface area contributed by atoms with Crippen molar-refractivity contribution in [1.29, 1.82) is 0 Å². The number of aryl methyl sites for hydroxylation is 2. The van der Waals surface area contributed by atoms with Crippen LogP contribution in [0.1, 0.15) is 42.6 Å². The maximum absolute atomic E-state index is 10.3. The molecule has 0 radical (unpaired) electrons. The van der Waals surface area contributed by atoms with Gasteiger partial charge in [0, 0.05) is 0 Å². The molecule has 0 bridgehead atoms. The largest absolute Gasteiger partial charge is 0.460 e. The maximum Gasteiger partial charge on any atom is 0.293 e. The zero-order valence-electron chi connectivity index (χ0n) is 9.03. The first kappa shape index (κ1) is 10.2. The van der Waals surface area contributed by atoms with Crippen molar-refractivity contribution < 1.29 is 9.53 Å². The SMILES string of the molecule is CC(OC=O)c1ccc2c(c1)CCCC2. The smallest absolute Gasteiger partial charge is 0.293 e. The van der Waals surface area contributed by atoms with Crippen molar-refractivity contribution >= 4 is 6.47 Å². The Hall–Kier alpha value is -1.31. The summed E-state index contributed by atoms with van der Waals surface area (Å²) in [7, 11) is 0. The van der Waals surface area contributed by atoms with Gasteiger partial charge in [0.15, 0.2) is 0 Å². The second-order valence-corrected chi connectivity index (χ2v) is 4.11. The van der Waals surface area contributed by atoms with Crippen LogP contribution in [-0.4, -0.2) is 6.47 Å². The second kappa shape index (κ2) is 4.47. The Bertz CT molecular complexity index is 358. The highest BCUT2D eigenvalue weighted by atomic mass is 16.5. The fraction of sp³-hybridized carbons (Fsp3) is 0.462. The van der Waals surface area contributed by atoms with E-state index in [1.807, 2.05) is 6.92 Å². The van der Waals surface area contributed by atoms with E-state index in [0.29, 0.717) is 6.47 Å². The Morgan fingerprint density at radius 2 is 2.00 bits per heavy atom. The van der Waals surface area contributed by atoms with E-state index in [-0.39, 0.29) is 6.10 Å². The molecule has 0 fully saturated rings. The van der Waals surface area contributed by atoms with Gasteiger partial charge in [-0.15, -0.1) is 0 Å². The molecule has 0 aliphatic heterocycles. The normalized spacial score (nSPS) is 16.6. The quantitative estimate of drug-likeness (QED) is 0.708. The molecule has 0 saturated carbocycles. The van der Waals surface area contributed by atoms with E-state index in [2.05, 4.69) is 18.2 Å². The number of fused-ring (bicyclic) bond motifs is 1. The van der Waals surface area contributed by atoms with Crippen LogP contribution in [0, 0.1) is 0 Å². The van der Waals surface area contributed by atoms with E-state index in [1.54, 1.807) is 0 Å². The molecule has 1 aliphatic rings. The predicted octanol–water partition coefficient (Wildman–Crippen LogP) is 2.80. The lowest BCUT2D eigenvalue weighted by Crippen LogP contribution is -2.05. The van der Waals surface area contributed by atoms with E-state index in [4.69, 9.17) is 4.74 Å². The molecule has 1 atom stereocenters. The fourth-order valence-corrected chi connectivity index (χ4v) is 2.17. The number of ether oxygens (including phenoxy) is 1. The number of benzene rings is 1. The van der Waals surface area contributed by atoms with Crippen molar-refractivity contribution in [2.75, 3.05) is 0 Å². The van der Waals surface area contributed by atoms with Gasteiger partial charge >= 0.3 is 0 Å². The summed E-state index contributed by atoms with van der Waals surface area (Å²) < 4.78 is 4.94. The van der Waals surface area contributed by atoms with Crippen LogP contribution in [0.5, 0.6) is 0 Å². The average molecular weight is 204 g/mol. The molecule has 0 aromatic heterocycles. The standard InChI is InChI=1S/C13H16O2/c1-10(15-9-14)12-7-6-11-4-2-3-5-13(11)8-12/h6-10H,2-5H2,1H3. The summed E-state index contributed by atoms with van der Waals surface area (Å²) in [5.74, 6) is 0. The van der Waals surface area contributed by atoms with Crippen LogP contribution in [0.3, 0.4) is 0 Å². The van der Waals surface area contributed by atoms with E-state index < -0.39 is 0 Å². The third-order valence-electron chi connectivity index (χ3n) is 3.10. The van der Waals surface area contributed by atoms with Gasteiger partial charge in [0.25, 0.3) is 6.47 Å². The van der Waals surface area contributed by atoms with Crippen LogP contribution >= 0.6 is 0 Å². The summed E-state index contributed by atoms with van der Waals surface area (Å²) >= 11 is 0. The Labute approximate surface area is 90.3 Å². The van der Waals surface area contributed by atoms with Gasteiger partial charge in [-0.2, -0.15) is 0 Å². The number of hydrogen-bond donors (Lipinski definition) is 0. The molecule has 1 unspecified atom stereocenters. The number of rotatable bonds is 3. The average Bonchev–Trinajstić information content (AvgIpc) is 2.29. The van der Waals surface area contributed by atoms with Crippen molar-refractivity contribution in [3.63, 3.8) is 0 Å². The van der Waals surface area contributed by atoms with Crippen LogP contribution in [-0.2, 0) is 22.4 Å². The van der Waals surface area contributed by atoms with Gasteiger partial charge in [-0.3, -0.25) is 4.79 Å². The lowest BCUT2D eigenvalue weighted by molar-refractivity contribution is -0.133. The van der Waals surface area contributed by atoms with E-state index in [1.165, 1.54) is 30.4 Å². The lowest BCUT2D eigenvalue weighted by Gasteiger charge is -2.18. The van der Waals surface area contributed by atoms with Crippen LogP contribution < -0.4 is 0 Å². The highest BCUT2D eigenvalue weighted by molar-refractivity contribution is 5.40. The summed E-state index contributed by atoms with van der Waals surface area (Å²) in [4.78, 5) is 10.3. The van der Waals surface area contributed by atoms with E-state index in [9.17, 15) is 4.79 Å². The molecule has 2 nitrogen and oxygen atoms in total. The molecule has 2 rings (SSSR count). The van der Waals surface area contributed by atoms with Crippen LogP contribution in [0.25, 0.3) is 0 Å². The summed E-state index contributed by atoms with van der Waals surface area (Å²) in [6.45, 7) is 2.42. The van der Waals surface area contributed by atoms with Crippen molar-refractivity contribution in [2.24, 2.45) is 0 Å². The van der Waals surface area contributed by atoms with Gasteiger partial charge in [0.05, 0.1) is 0 Å². The predicted molar refractivity (Wildman–Crippen MR) is 58.6 cm³/mol. The molecule has 2 heteroatoms. The topological polar surface area (TPSA) is 26.3 Å². The van der Waals surface area contributed by atoms with Crippen LogP contribution in [0.15, 0.2) is 18.2 Å². The van der Waals surface area contributed by atoms with Gasteiger partial charge in [0.1, 0.15) is 6.10 Å². The monoisotopic (exact) mass is 204 g/mol. The number of carbonyl (C=O) groups is 1. The molecule has 15 heavy (non-hydrogen) atoms. The lowest BCUT2D eigenvalue weighted by atomic mass is 9.90. The molecular formula is C13H16O2. The molecule has 0 saturated heterocycles. The van der Waals surface area contributed by atoms with Gasteiger partial charge in [-0.1, -0.05) is 18.2 Å². The third kappa shape index (κ3) is 2.20. The molecular weight excluding hydrogens is 188 g/mol. The molecule has 1 aliphatic carbocycles. The van der Waals surface area contributed by atoms with Crippen LogP contribution in [0.2, 0.25) is 0 Å². The summed E-state index contributed by atoms with van der Waals surface area (Å²) in [5, 5.41) is 0.